The van der Waals surface area contributed by atoms with Crippen LogP contribution in [0.5, 0.6) is 0 Å². The molecular weight excluding hydrogens is 348 g/mol. The van der Waals surface area contributed by atoms with Crippen LogP contribution in [0.4, 0.5) is 31.9 Å². The molecule has 27 heavy (non-hydrogen) atoms. The minimum atomic E-state index is -0.715. The number of nitrogens with one attached hydrogen (secondary N) is 2. The number of fused-ring (bicyclic) bond motifs is 1. The molecule has 2 heterocycles. The van der Waals surface area contributed by atoms with Gasteiger partial charge in [0, 0.05) is 23.3 Å². The zero-order chi connectivity index (χ0) is 18.8. The summed E-state index contributed by atoms with van der Waals surface area (Å²) in [5.41, 5.74) is 1.92. The number of para-hydroxylation sites is 2. The van der Waals surface area contributed by atoms with Gasteiger partial charge in [-0.05, 0) is 31.2 Å². The van der Waals surface area contributed by atoms with Crippen molar-refractivity contribution in [3.63, 3.8) is 0 Å². The van der Waals surface area contributed by atoms with Gasteiger partial charge in [-0.15, -0.1) is 0 Å². The van der Waals surface area contributed by atoms with Gasteiger partial charge in [0.2, 0.25) is 5.95 Å². The van der Waals surface area contributed by atoms with Crippen LogP contribution in [-0.4, -0.2) is 15.0 Å². The molecule has 2 N–H and O–H groups in total. The van der Waals surface area contributed by atoms with Crippen molar-refractivity contribution in [2.45, 2.75) is 6.92 Å². The molecule has 0 aliphatic carbocycles. The van der Waals surface area contributed by atoms with E-state index >= 15 is 0 Å². The molecule has 5 nitrogen and oxygen atoms in total. The Morgan fingerprint density at radius 1 is 0.852 bits per heavy atom. The number of nitrogens with zero attached hydrogens (tertiary/aromatic N) is 3. The highest BCUT2D eigenvalue weighted by Gasteiger charge is 2.11. The lowest BCUT2D eigenvalue weighted by Crippen LogP contribution is -2.05. The van der Waals surface area contributed by atoms with Crippen LogP contribution in [0.1, 0.15) is 5.69 Å². The molecule has 0 radical (unpaired) electrons. The van der Waals surface area contributed by atoms with E-state index in [1.165, 1.54) is 18.2 Å². The van der Waals surface area contributed by atoms with Crippen molar-refractivity contribution in [2.24, 2.45) is 0 Å². The summed E-state index contributed by atoms with van der Waals surface area (Å²) in [6, 6.07) is 15.0. The molecular formula is C20H15F2N5. The van der Waals surface area contributed by atoms with Gasteiger partial charge in [0.15, 0.2) is 0 Å². The van der Waals surface area contributed by atoms with Gasteiger partial charge in [-0.2, -0.15) is 4.98 Å². The summed E-state index contributed by atoms with van der Waals surface area (Å²) in [5, 5.41) is 6.81. The largest absolute Gasteiger partial charge is 0.338 e. The van der Waals surface area contributed by atoms with Gasteiger partial charge in [0.25, 0.3) is 0 Å². The summed E-state index contributed by atoms with van der Waals surface area (Å²) >= 11 is 0. The third-order valence-corrected chi connectivity index (χ3v) is 3.95. The molecule has 2 aromatic heterocycles. The Hall–Kier alpha value is -3.61. The lowest BCUT2D eigenvalue weighted by atomic mass is 10.2. The fraction of sp³-hybridized carbons (Fsp3) is 0.0500. The summed E-state index contributed by atoms with van der Waals surface area (Å²) in [6.45, 7) is 1.77. The van der Waals surface area contributed by atoms with E-state index in [1.807, 2.05) is 30.3 Å². The van der Waals surface area contributed by atoms with Crippen molar-refractivity contribution >= 4 is 34.0 Å². The second-order valence-electron chi connectivity index (χ2n) is 5.95. The number of hydrogen-bond acceptors (Lipinski definition) is 5. The predicted octanol–water partition coefficient (Wildman–Crippen LogP) is 5.10. The highest BCUT2D eigenvalue weighted by molar-refractivity contribution is 5.91. The number of anilines is 4. The lowest BCUT2D eigenvalue weighted by Gasteiger charge is -2.12. The van der Waals surface area contributed by atoms with Crippen LogP contribution in [0, 0.1) is 18.6 Å². The number of hydrogen-bond donors (Lipinski definition) is 2. The van der Waals surface area contributed by atoms with Gasteiger partial charge >= 0.3 is 0 Å². The molecule has 0 fully saturated rings. The molecule has 4 rings (SSSR count). The topological polar surface area (TPSA) is 62.7 Å². The molecule has 0 saturated carbocycles. The fourth-order valence-electron chi connectivity index (χ4n) is 2.76. The van der Waals surface area contributed by atoms with Crippen LogP contribution < -0.4 is 10.6 Å². The number of pyridine rings is 1. The van der Waals surface area contributed by atoms with Gasteiger partial charge in [0.1, 0.15) is 23.1 Å². The zero-order valence-corrected chi connectivity index (χ0v) is 14.4. The van der Waals surface area contributed by atoms with E-state index in [0.717, 1.165) is 16.6 Å². The maximum Gasteiger partial charge on any atom is 0.229 e. The van der Waals surface area contributed by atoms with Crippen molar-refractivity contribution in [1.29, 1.82) is 0 Å². The Balaban J connectivity index is 1.68. The minimum absolute atomic E-state index is 0.0923. The third-order valence-electron chi connectivity index (χ3n) is 3.95. The molecule has 0 saturated heterocycles. The SMILES string of the molecule is Cc1cc(Nc2cccc3cccnc23)nc(Nc2c(F)cccc2F)n1. The Bertz CT molecular complexity index is 1100. The van der Waals surface area contributed by atoms with Crippen molar-refractivity contribution in [3.05, 3.63) is 78.1 Å². The van der Waals surface area contributed by atoms with E-state index in [0.29, 0.717) is 11.5 Å². The summed E-state index contributed by atoms with van der Waals surface area (Å²) in [6.07, 6.45) is 1.71. The van der Waals surface area contributed by atoms with Crippen LogP contribution in [0.25, 0.3) is 10.9 Å². The number of benzene rings is 2. The molecule has 0 atom stereocenters. The molecule has 4 aromatic rings. The zero-order valence-electron chi connectivity index (χ0n) is 14.4. The van der Waals surface area contributed by atoms with E-state index in [4.69, 9.17) is 0 Å². The highest BCUT2D eigenvalue weighted by Crippen LogP contribution is 2.26. The average molecular weight is 363 g/mol. The minimum Gasteiger partial charge on any atom is -0.338 e. The smallest absolute Gasteiger partial charge is 0.229 e. The number of aryl methyl sites for hydroxylation is 1. The van der Waals surface area contributed by atoms with Gasteiger partial charge in [-0.25, -0.2) is 13.8 Å². The number of halogens is 2. The van der Waals surface area contributed by atoms with Gasteiger partial charge in [0.05, 0.1) is 11.2 Å². The fourth-order valence-corrected chi connectivity index (χ4v) is 2.76. The Labute approximate surface area is 154 Å². The third kappa shape index (κ3) is 3.52. The Morgan fingerprint density at radius 3 is 2.41 bits per heavy atom. The van der Waals surface area contributed by atoms with E-state index in [9.17, 15) is 8.78 Å². The molecule has 0 spiro atoms. The number of aromatic nitrogens is 3. The van der Waals surface area contributed by atoms with Crippen molar-refractivity contribution in [2.75, 3.05) is 10.6 Å². The molecule has 0 aliphatic heterocycles. The first-order valence-electron chi connectivity index (χ1n) is 8.27. The van der Waals surface area contributed by atoms with Gasteiger partial charge < -0.3 is 10.6 Å². The van der Waals surface area contributed by atoms with Crippen LogP contribution in [0.15, 0.2) is 60.8 Å². The first-order valence-corrected chi connectivity index (χ1v) is 8.27. The van der Waals surface area contributed by atoms with Crippen LogP contribution in [0.2, 0.25) is 0 Å². The van der Waals surface area contributed by atoms with E-state index in [2.05, 4.69) is 25.6 Å². The van der Waals surface area contributed by atoms with Crippen LogP contribution >= 0.6 is 0 Å². The maximum absolute atomic E-state index is 13.9. The Kier molecular flexibility index (Phi) is 4.33. The molecule has 0 unspecified atom stereocenters. The average Bonchev–Trinajstić information content (AvgIpc) is 2.65. The van der Waals surface area contributed by atoms with Crippen molar-refractivity contribution in [3.8, 4) is 0 Å². The standard InChI is InChI=1S/C20H15F2N5/c1-12-11-17(25-16-9-2-5-13-6-4-10-23-18(13)16)26-20(24-12)27-19-14(21)7-3-8-15(19)22/h2-11H,1H3,(H2,24,25,26,27). The molecule has 0 aliphatic rings. The summed E-state index contributed by atoms with van der Waals surface area (Å²) in [4.78, 5) is 12.9. The van der Waals surface area contributed by atoms with Crippen molar-refractivity contribution in [1.82, 2.24) is 15.0 Å². The first-order chi connectivity index (χ1) is 13.1. The summed E-state index contributed by atoms with van der Waals surface area (Å²) < 4.78 is 27.8. The molecule has 7 heteroatoms. The summed E-state index contributed by atoms with van der Waals surface area (Å²) in [5.74, 6) is -0.852. The van der Waals surface area contributed by atoms with E-state index in [-0.39, 0.29) is 11.6 Å². The molecule has 134 valence electrons. The second kappa shape index (κ2) is 6.95. The Morgan fingerprint density at radius 2 is 1.59 bits per heavy atom. The monoisotopic (exact) mass is 363 g/mol. The van der Waals surface area contributed by atoms with Crippen LogP contribution in [0.3, 0.4) is 0 Å². The maximum atomic E-state index is 13.9. The number of rotatable bonds is 4. The normalized spacial score (nSPS) is 10.8. The predicted molar refractivity (Wildman–Crippen MR) is 101 cm³/mol. The van der Waals surface area contributed by atoms with Gasteiger partial charge in [-0.3, -0.25) is 4.98 Å². The van der Waals surface area contributed by atoms with Crippen LogP contribution in [-0.2, 0) is 0 Å². The first kappa shape index (κ1) is 16.8. The van der Waals surface area contributed by atoms with Crippen molar-refractivity contribution < 1.29 is 8.78 Å². The second-order valence-corrected chi connectivity index (χ2v) is 5.95. The van der Waals surface area contributed by atoms with Gasteiger partial charge in [-0.1, -0.05) is 24.3 Å². The quantitative estimate of drug-likeness (QED) is 0.528. The summed E-state index contributed by atoms with van der Waals surface area (Å²) in [7, 11) is 0. The molecule has 2 aromatic carbocycles. The lowest BCUT2D eigenvalue weighted by molar-refractivity contribution is 0.590. The van der Waals surface area contributed by atoms with E-state index < -0.39 is 11.6 Å². The molecule has 0 bridgehead atoms. The van der Waals surface area contributed by atoms with E-state index in [1.54, 1.807) is 19.2 Å². The highest BCUT2D eigenvalue weighted by atomic mass is 19.1. The molecule has 0 amide bonds.